The highest BCUT2D eigenvalue weighted by Gasteiger charge is 2.37. The first kappa shape index (κ1) is 15.9. The number of nitrogens with zero attached hydrogens (tertiary/aromatic N) is 1. The Hall–Kier alpha value is -2.95. The van der Waals surface area contributed by atoms with E-state index in [0.717, 1.165) is 5.69 Å². The van der Waals surface area contributed by atoms with E-state index in [1.165, 1.54) is 6.92 Å². The Morgan fingerprint density at radius 3 is 2.54 bits per heavy atom. The molecule has 1 aliphatic rings. The summed E-state index contributed by atoms with van der Waals surface area (Å²) < 4.78 is 0. The van der Waals surface area contributed by atoms with Crippen molar-refractivity contribution in [1.29, 1.82) is 0 Å². The Morgan fingerprint density at radius 2 is 1.83 bits per heavy atom. The highest BCUT2D eigenvalue weighted by molar-refractivity contribution is 6.07. The van der Waals surface area contributed by atoms with E-state index < -0.39 is 6.04 Å². The quantitative estimate of drug-likeness (QED) is 0.880. The number of hydrogen-bond donors (Lipinski definition) is 1. The van der Waals surface area contributed by atoms with Gasteiger partial charge in [0.15, 0.2) is 5.78 Å². The number of rotatable bonds is 4. The van der Waals surface area contributed by atoms with E-state index in [0.29, 0.717) is 24.1 Å². The van der Waals surface area contributed by atoms with Crippen LogP contribution in [0.4, 0.5) is 11.4 Å². The number of amides is 2. The zero-order valence-electron chi connectivity index (χ0n) is 13.4. The molecular weight excluding hydrogens is 304 g/mol. The fourth-order valence-corrected chi connectivity index (χ4v) is 2.89. The molecule has 2 aromatic rings. The van der Waals surface area contributed by atoms with Gasteiger partial charge in [0.2, 0.25) is 11.8 Å². The number of hydrogen-bond acceptors (Lipinski definition) is 3. The smallest absolute Gasteiger partial charge is 0.247 e. The zero-order valence-corrected chi connectivity index (χ0v) is 13.4. The third-order valence-corrected chi connectivity index (χ3v) is 4.09. The topological polar surface area (TPSA) is 66.5 Å². The Balaban J connectivity index is 1.80. The summed E-state index contributed by atoms with van der Waals surface area (Å²) >= 11 is 0. The van der Waals surface area contributed by atoms with Crippen molar-refractivity contribution in [1.82, 2.24) is 0 Å². The first-order chi connectivity index (χ1) is 11.6. The van der Waals surface area contributed by atoms with Crippen LogP contribution in [-0.4, -0.2) is 23.6 Å². The molecule has 1 heterocycles. The molecule has 1 saturated heterocycles. The van der Waals surface area contributed by atoms with Crippen LogP contribution in [0.15, 0.2) is 54.6 Å². The molecular formula is C19H18N2O3. The van der Waals surface area contributed by atoms with Gasteiger partial charge in [0.1, 0.15) is 6.04 Å². The molecule has 0 saturated carbocycles. The molecule has 122 valence electrons. The van der Waals surface area contributed by atoms with Gasteiger partial charge in [-0.3, -0.25) is 19.3 Å². The first-order valence-corrected chi connectivity index (χ1v) is 7.85. The minimum Gasteiger partial charge on any atom is -0.324 e. The summed E-state index contributed by atoms with van der Waals surface area (Å²) in [6.07, 6.45) is 0.826. The lowest BCUT2D eigenvalue weighted by Crippen LogP contribution is -2.41. The van der Waals surface area contributed by atoms with Gasteiger partial charge in [-0.1, -0.05) is 30.3 Å². The van der Waals surface area contributed by atoms with Crippen molar-refractivity contribution >= 4 is 29.0 Å². The lowest BCUT2D eigenvalue weighted by Gasteiger charge is -2.24. The van der Waals surface area contributed by atoms with Crippen LogP contribution in [0, 0.1) is 0 Å². The average molecular weight is 322 g/mol. The molecule has 24 heavy (non-hydrogen) atoms. The zero-order chi connectivity index (χ0) is 17.1. The molecule has 0 radical (unpaired) electrons. The molecule has 5 nitrogen and oxygen atoms in total. The van der Waals surface area contributed by atoms with Gasteiger partial charge >= 0.3 is 0 Å². The minimum absolute atomic E-state index is 0.0566. The van der Waals surface area contributed by atoms with Crippen LogP contribution in [-0.2, 0) is 9.59 Å². The fraction of sp³-hybridized carbons (Fsp3) is 0.211. The van der Waals surface area contributed by atoms with Crippen molar-refractivity contribution in [3.8, 4) is 0 Å². The van der Waals surface area contributed by atoms with Crippen LogP contribution in [0.2, 0.25) is 0 Å². The Labute approximate surface area is 140 Å². The lowest BCUT2D eigenvalue weighted by atomic mass is 10.1. The van der Waals surface area contributed by atoms with Crippen molar-refractivity contribution in [3.05, 3.63) is 60.2 Å². The maximum Gasteiger partial charge on any atom is 0.247 e. The number of carbonyl (C=O) groups excluding carboxylic acids is 3. The highest BCUT2D eigenvalue weighted by Crippen LogP contribution is 2.27. The van der Waals surface area contributed by atoms with Gasteiger partial charge in [-0.15, -0.1) is 0 Å². The fourth-order valence-electron chi connectivity index (χ4n) is 2.89. The third kappa shape index (κ3) is 3.20. The number of ketones is 1. The van der Waals surface area contributed by atoms with E-state index in [1.807, 2.05) is 30.3 Å². The van der Waals surface area contributed by atoms with Crippen molar-refractivity contribution in [2.24, 2.45) is 0 Å². The van der Waals surface area contributed by atoms with Gasteiger partial charge in [-0.05, 0) is 37.6 Å². The normalized spacial score (nSPS) is 17.0. The number of Topliss-reactive ketones (excluding diaryl/α,β-unsaturated/α-hetero) is 1. The standard InChI is InChI=1S/C19H18N2O3/c1-13(22)14-6-5-7-15(12-14)20-19(24)17-10-11-18(23)21(17)16-8-3-2-4-9-16/h2-9,12,17H,10-11H2,1H3,(H,20,24). The van der Waals surface area contributed by atoms with E-state index in [2.05, 4.69) is 5.32 Å². The predicted molar refractivity (Wildman–Crippen MR) is 92.0 cm³/mol. The lowest BCUT2D eigenvalue weighted by molar-refractivity contribution is -0.120. The summed E-state index contributed by atoms with van der Waals surface area (Å²) in [5.74, 6) is -0.364. The molecule has 0 aromatic heterocycles. The minimum atomic E-state index is -0.541. The summed E-state index contributed by atoms with van der Waals surface area (Å²) in [6, 6.07) is 15.4. The van der Waals surface area contributed by atoms with Crippen molar-refractivity contribution in [3.63, 3.8) is 0 Å². The van der Waals surface area contributed by atoms with Crippen molar-refractivity contribution in [2.45, 2.75) is 25.8 Å². The Kier molecular flexibility index (Phi) is 4.42. The van der Waals surface area contributed by atoms with Gasteiger partial charge in [-0.2, -0.15) is 0 Å². The van der Waals surface area contributed by atoms with Crippen LogP contribution in [0.1, 0.15) is 30.1 Å². The average Bonchev–Trinajstić information content (AvgIpc) is 2.97. The van der Waals surface area contributed by atoms with E-state index in [-0.39, 0.29) is 17.6 Å². The number of anilines is 2. The SMILES string of the molecule is CC(=O)c1cccc(NC(=O)C2CCC(=O)N2c2ccccc2)c1. The number of nitrogens with one attached hydrogen (secondary N) is 1. The van der Waals surface area contributed by atoms with Gasteiger partial charge in [0.05, 0.1) is 0 Å². The molecule has 0 bridgehead atoms. The van der Waals surface area contributed by atoms with E-state index in [1.54, 1.807) is 29.2 Å². The van der Waals surface area contributed by atoms with E-state index >= 15 is 0 Å². The molecule has 1 fully saturated rings. The van der Waals surface area contributed by atoms with Gasteiger partial charge < -0.3 is 5.32 Å². The molecule has 0 aliphatic carbocycles. The molecule has 1 unspecified atom stereocenters. The summed E-state index contributed by atoms with van der Waals surface area (Å²) in [6.45, 7) is 1.48. The van der Waals surface area contributed by atoms with E-state index in [4.69, 9.17) is 0 Å². The Morgan fingerprint density at radius 1 is 1.08 bits per heavy atom. The molecule has 1 N–H and O–H groups in total. The maximum atomic E-state index is 12.6. The Bertz CT molecular complexity index is 786. The molecule has 2 aromatic carbocycles. The first-order valence-electron chi connectivity index (χ1n) is 7.85. The second-order valence-electron chi connectivity index (χ2n) is 5.78. The van der Waals surface area contributed by atoms with Crippen LogP contribution < -0.4 is 10.2 Å². The largest absolute Gasteiger partial charge is 0.324 e. The third-order valence-electron chi connectivity index (χ3n) is 4.09. The summed E-state index contributed by atoms with van der Waals surface area (Å²) in [5.41, 5.74) is 1.81. The molecule has 3 rings (SSSR count). The van der Waals surface area contributed by atoms with Gasteiger partial charge in [-0.25, -0.2) is 0 Å². The van der Waals surface area contributed by atoms with E-state index in [9.17, 15) is 14.4 Å². The molecule has 0 spiro atoms. The maximum absolute atomic E-state index is 12.6. The summed E-state index contributed by atoms with van der Waals surface area (Å²) in [7, 11) is 0. The van der Waals surface area contributed by atoms with Crippen LogP contribution in [0.3, 0.4) is 0 Å². The van der Waals surface area contributed by atoms with Crippen LogP contribution in [0.25, 0.3) is 0 Å². The monoisotopic (exact) mass is 322 g/mol. The van der Waals surface area contributed by atoms with Gasteiger partial charge in [0, 0.05) is 23.4 Å². The molecule has 2 amide bonds. The summed E-state index contributed by atoms with van der Waals surface area (Å²) in [5, 5.41) is 2.81. The van der Waals surface area contributed by atoms with Gasteiger partial charge in [0.25, 0.3) is 0 Å². The predicted octanol–water partition coefficient (Wildman–Crippen LogP) is 3.02. The molecule has 1 atom stereocenters. The highest BCUT2D eigenvalue weighted by atomic mass is 16.2. The number of para-hydroxylation sites is 1. The van der Waals surface area contributed by atoms with Crippen LogP contribution >= 0.6 is 0 Å². The van der Waals surface area contributed by atoms with Crippen molar-refractivity contribution < 1.29 is 14.4 Å². The number of carbonyl (C=O) groups is 3. The molecule has 1 aliphatic heterocycles. The second kappa shape index (κ2) is 6.66. The number of benzene rings is 2. The van der Waals surface area contributed by atoms with Crippen LogP contribution in [0.5, 0.6) is 0 Å². The molecule has 5 heteroatoms. The summed E-state index contributed by atoms with van der Waals surface area (Å²) in [4.78, 5) is 37.8. The second-order valence-corrected chi connectivity index (χ2v) is 5.78. The van der Waals surface area contributed by atoms with Crippen molar-refractivity contribution in [2.75, 3.05) is 10.2 Å².